The predicted molar refractivity (Wildman–Crippen MR) is 616 cm³/mol. The third kappa shape index (κ3) is 13.0. The average Bonchev–Trinajstić information content (AvgIpc) is 1.52. The Bertz CT molecular complexity index is 9550. The number of hydrogen-bond donors (Lipinski definition) is 4. The largest absolute Gasteiger partial charge is 0.507 e. The molecule has 4 N–H and O–H groups in total. The van der Waals surface area contributed by atoms with Gasteiger partial charge in [0.05, 0.1) is 0 Å². The topological polar surface area (TPSA) is 167 Å². The summed E-state index contributed by atoms with van der Waals surface area (Å²) in [6, 6.07) is 140. The van der Waals surface area contributed by atoms with E-state index in [0.29, 0.717) is 67.5 Å². The maximum absolute atomic E-state index is 13.2. The zero-order valence-corrected chi connectivity index (χ0v) is 80.5. The van der Waals surface area contributed by atoms with Crippen LogP contribution in [0.1, 0.15) is 68.7 Å². The molecule has 0 saturated heterocycles. The molecule has 12 aliphatic heterocycles. The Balaban J connectivity index is 0.635. The first kappa shape index (κ1) is 84.9. The standard InChI is InChI=1S/C138H84N4O8/c143-115-65-91-37-41-95(115)69-139-131(107-57-49-83-33-29-75-17-9-21-79-45-53-103(107)123(83)119(75)79)132(108-58-50-84-34-30-76-18-10-22-80-46-54-104(108)124(84)120(76)80)141-71-97-43-39-93(67-117(97)145)113-63-89-15-3-7-27-101(89)129-130-102-28-8-4-16-90(102)64-114(138(130)150-74-149-137(113)129)94-40-44-98(118(146)68-94)72-142-134(110-60-52-86-36-32-78-20-12-24-82-48-56-106(110)126(86)122(78)82)133(109-59-51-85-35-31-77-19-11-23-81-47-55-105(109)125(85)121(77)81)140-70-96-42-38-92(66-116(96)144)112-62-88-14-2-6-26-100(88)128-127-99-25-5-1-13-87(99)61-111(91)135(127)147-73-148-136(112)128/h1-72,131-134,143-146H,73-74H2/t131-,132-,133-,134-/m0/s1. The van der Waals surface area contributed by atoms with Crippen molar-refractivity contribution < 1.29 is 39.4 Å². The van der Waals surface area contributed by atoms with Gasteiger partial charge >= 0.3 is 0 Å². The number of phenols is 4. The summed E-state index contributed by atoms with van der Waals surface area (Å²) in [7, 11) is 0. The van der Waals surface area contributed by atoms with Gasteiger partial charge in [-0.25, -0.2) is 0 Å². The van der Waals surface area contributed by atoms with Crippen LogP contribution in [0.5, 0.6) is 46.0 Å². The summed E-state index contributed by atoms with van der Waals surface area (Å²) in [5.74, 6) is 2.18. The minimum Gasteiger partial charge on any atom is -0.507 e. The number of fused-ring (bicyclic) bond motifs is 4. The van der Waals surface area contributed by atoms with Crippen LogP contribution in [-0.4, -0.2) is 58.9 Å². The van der Waals surface area contributed by atoms with Crippen LogP contribution in [0.25, 0.3) is 239 Å². The monoisotopic (exact) mass is 1920 g/mol. The van der Waals surface area contributed by atoms with Crippen molar-refractivity contribution in [2.24, 2.45) is 20.0 Å². The molecule has 12 heteroatoms. The molecule has 0 aromatic heterocycles. The molecule has 28 aromatic rings. The Morgan fingerprint density at radius 2 is 0.367 bits per heavy atom. The van der Waals surface area contributed by atoms with Gasteiger partial charge in [-0.15, -0.1) is 0 Å². The molecule has 40 rings (SSSR count). The van der Waals surface area contributed by atoms with Gasteiger partial charge in [0.25, 0.3) is 0 Å². The highest BCUT2D eigenvalue weighted by atomic mass is 16.7. The fraction of sp³-hybridized carbons (Fsp3) is 0.0435. The molecular weight excluding hydrogens is 1840 g/mol. The molecule has 0 aliphatic carbocycles. The van der Waals surface area contributed by atoms with Crippen LogP contribution in [0, 0.1) is 0 Å². The van der Waals surface area contributed by atoms with Gasteiger partial charge in [0, 0.05) is 91.6 Å². The minimum atomic E-state index is -0.799. The lowest BCUT2D eigenvalue weighted by Gasteiger charge is -2.26. The highest BCUT2D eigenvalue weighted by molar-refractivity contribution is 6.29. The normalized spacial score (nSPS) is 15.4. The smallest absolute Gasteiger partial charge is 0.231 e. The van der Waals surface area contributed by atoms with Gasteiger partial charge in [-0.05, 0) is 290 Å². The van der Waals surface area contributed by atoms with Crippen LogP contribution in [0.4, 0.5) is 0 Å². The average molecular weight is 1930 g/mol. The van der Waals surface area contributed by atoms with Gasteiger partial charge in [-0.2, -0.15) is 0 Å². The Hall–Kier alpha value is -19.6. The van der Waals surface area contributed by atoms with Crippen LogP contribution in [0.2, 0.25) is 0 Å². The Labute approximate surface area is 858 Å². The predicted octanol–water partition coefficient (Wildman–Crippen LogP) is 34.5. The number of ether oxygens (including phenoxy) is 4. The van der Waals surface area contributed by atoms with Crippen LogP contribution in [0.3, 0.4) is 0 Å². The summed E-state index contributed by atoms with van der Waals surface area (Å²) in [5, 5.41) is 86.5. The van der Waals surface area contributed by atoms with E-state index in [1.54, 1.807) is 49.1 Å². The Kier molecular flexibility index (Phi) is 18.7. The van der Waals surface area contributed by atoms with E-state index in [9.17, 15) is 20.4 Å². The van der Waals surface area contributed by atoms with Crippen molar-refractivity contribution in [2.75, 3.05) is 13.6 Å². The molecule has 0 unspecified atom stereocenters. The lowest BCUT2D eigenvalue weighted by Crippen LogP contribution is -2.11. The summed E-state index contributed by atoms with van der Waals surface area (Å²) < 4.78 is 28.5. The number of aliphatic imine (C=N–C) groups is 4. The maximum atomic E-state index is 13.2. The summed E-state index contributed by atoms with van der Waals surface area (Å²) >= 11 is 0. The van der Waals surface area contributed by atoms with Crippen LogP contribution < -0.4 is 18.9 Å². The third-order valence-corrected chi connectivity index (χ3v) is 32.3. The zero-order valence-electron chi connectivity index (χ0n) is 80.5. The first-order valence-corrected chi connectivity index (χ1v) is 50.9. The quantitative estimate of drug-likeness (QED) is 0.126. The van der Waals surface area contributed by atoms with Crippen molar-refractivity contribution in [1.82, 2.24) is 0 Å². The molecule has 150 heavy (non-hydrogen) atoms. The Morgan fingerprint density at radius 1 is 0.173 bits per heavy atom. The summed E-state index contributed by atoms with van der Waals surface area (Å²) in [4.78, 5) is 23.5. The number of phenolic OH excluding ortho intramolecular Hbond substituents is 4. The molecule has 28 aromatic carbocycles. The Morgan fingerprint density at radius 3 is 0.587 bits per heavy atom. The van der Waals surface area contributed by atoms with Gasteiger partial charge in [0.1, 0.15) is 70.2 Å². The zero-order chi connectivity index (χ0) is 98.9. The van der Waals surface area contributed by atoms with Crippen molar-refractivity contribution in [3.63, 3.8) is 0 Å². The van der Waals surface area contributed by atoms with Gasteiger partial charge < -0.3 is 39.4 Å². The number of benzene rings is 28. The second-order valence-electron chi connectivity index (χ2n) is 40.2. The van der Waals surface area contributed by atoms with Crippen molar-refractivity contribution in [1.29, 1.82) is 0 Å². The van der Waals surface area contributed by atoms with Gasteiger partial charge in [-0.1, -0.05) is 340 Å². The molecule has 12 heterocycles. The van der Waals surface area contributed by atoms with Gasteiger partial charge in [0.15, 0.2) is 0 Å². The van der Waals surface area contributed by atoms with Crippen LogP contribution >= 0.6 is 0 Å². The van der Waals surface area contributed by atoms with Crippen molar-refractivity contribution in [3.8, 4) is 113 Å². The number of aromatic hydroxyl groups is 4. The molecule has 704 valence electrons. The highest BCUT2D eigenvalue weighted by Gasteiger charge is 2.37. The first-order valence-electron chi connectivity index (χ1n) is 50.9. The van der Waals surface area contributed by atoms with E-state index >= 15 is 0 Å². The summed E-state index contributed by atoms with van der Waals surface area (Å²) in [6.07, 6.45) is 7.20. The second kappa shape index (κ2) is 33.0. The number of hydrogen-bond acceptors (Lipinski definition) is 12. The van der Waals surface area contributed by atoms with Gasteiger partial charge in [-0.3, -0.25) is 20.0 Å². The van der Waals surface area contributed by atoms with Crippen molar-refractivity contribution in [2.45, 2.75) is 24.2 Å². The van der Waals surface area contributed by atoms with Crippen LogP contribution in [0.15, 0.2) is 432 Å². The van der Waals surface area contributed by atoms with E-state index in [2.05, 4.69) is 291 Å². The SMILES string of the molecule is Oc1cc2ccc1C=N[C@@H](c1ccc3ccc4cccc5ccc1c3c45)[C@H](c1ccc3ccc4cccc5ccc1c3c45)N=Cc1ccc(cc1O)-c1cc3ccccc3c3c1OCOc1c(cc4ccccc4c1-3)-c1ccc(c(O)c1)C=N[C@@H](c1ccc3ccc4cccc5ccc1c3c45)[C@H](c1ccc3ccc4cccc5ccc1c3c45)N=Cc1ccc(cc1O)-c1cc3ccccc3c3c1OCOc1c-2cc2ccccc2c1-3. The van der Waals surface area contributed by atoms with E-state index < -0.39 is 24.2 Å². The molecule has 0 fully saturated rings. The second-order valence-corrected chi connectivity index (χ2v) is 40.2. The maximum Gasteiger partial charge on any atom is 0.231 e. The molecule has 12 nitrogen and oxygen atoms in total. The third-order valence-electron chi connectivity index (χ3n) is 32.3. The fourth-order valence-electron chi connectivity index (χ4n) is 25.4. The van der Waals surface area contributed by atoms with E-state index in [4.69, 9.17) is 38.9 Å². The van der Waals surface area contributed by atoms with Gasteiger partial charge in [0.2, 0.25) is 13.6 Å². The summed E-state index contributed by atoms with van der Waals surface area (Å²) in [5.41, 5.74) is 14.4. The highest BCUT2D eigenvalue weighted by Crippen LogP contribution is 2.60. The fourth-order valence-corrected chi connectivity index (χ4v) is 25.4. The van der Waals surface area contributed by atoms with E-state index in [1.807, 2.05) is 97.1 Å². The lowest BCUT2D eigenvalue weighted by atomic mass is 9.84. The summed E-state index contributed by atoms with van der Waals surface area (Å²) in [6.45, 7) is -0.379. The van der Waals surface area contributed by atoms with E-state index in [0.717, 1.165) is 239 Å². The molecular formula is C138H84N4O8. The molecule has 12 aliphatic rings. The number of nitrogens with zero attached hydrogens (tertiary/aromatic N) is 4. The van der Waals surface area contributed by atoms with Crippen LogP contribution in [-0.2, 0) is 0 Å². The molecule has 0 radical (unpaired) electrons. The molecule has 0 amide bonds. The molecule has 0 spiro atoms. The molecule has 4 atom stereocenters. The minimum absolute atomic E-state index is 0.0176. The number of rotatable bonds is 4. The van der Waals surface area contributed by atoms with E-state index in [1.165, 1.54) is 0 Å². The lowest BCUT2D eigenvalue weighted by molar-refractivity contribution is 0.126. The van der Waals surface area contributed by atoms with E-state index in [-0.39, 0.29) is 36.6 Å². The molecule has 0 saturated carbocycles. The first-order chi connectivity index (χ1) is 74.0. The van der Waals surface area contributed by atoms with Crippen molar-refractivity contribution >= 4 is 197 Å². The van der Waals surface area contributed by atoms with Crippen molar-refractivity contribution in [3.05, 3.63) is 457 Å². The molecule has 20 bridgehead atoms.